The van der Waals surface area contributed by atoms with Crippen molar-refractivity contribution >= 4 is 17.6 Å². The van der Waals surface area contributed by atoms with Gasteiger partial charge in [0.05, 0.1) is 37.9 Å². The molecule has 0 unspecified atom stereocenters. The van der Waals surface area contributed by atoms with Crippen molar-refractivity contribution in [3.8, 4) is 11.5 Å². The minimum Gasteiger partial charge on any atom is -0.493 e. The lowest BCUT2D eigenvalue weighted by molar-refractivity contribution is -0.385. The first-order valence-corrected chi connectivity index (χ1v) is 8.76. The summed E-state index contributed by atoms with van der Waals surface area (Å²) in [6.07, 6.45) is -4.85. The zero-order valence-corrected chi connectivity index (χ0v) is 15.9. The number of nitro benzene ring substituents is 1. The normalized spacial score (nSPS) is 14.8. The van der Waals surface area contributed by atoms with Gasteiger partial charge in [-0.15, -0.1) is 0 Å². The van der Waals surface area contributed by atoms with E-state index in [1.165, 1.54) is 7.11 Å². The molecule has 1 fully saturated rings. The van der Waals surface area contributed by atoms with E-state index in [4.69, 9.17) is 14.2 Å². The first-order valence-electron chi connectivity index (χ1n) is 8.76. The average molecular weight is 436 g/mol. The molecule has 0 aliphatic carbocycles. The largest absolute Gasteiger partial charge is 0.493 e. The van der Waals surface area contributed by atoms with Crippen LogP contribution in [0.5, 0.6) is 11.5 Å². The van der Waals surface area contributed by atoms with Gasteiger partial charge in [0.1, 0.15) is 5.56 Å². The number of hydrogen-bond acceptors (Lipinski definition) is 9. The molecule has 30 heavy (non-hydrogen) atoms. The van der Waals surface area contributed by atoms with Gasteiger partial charge in [-0.05, 0) is 6.42 Å². The number of nitrogens with zero attached hydrogens (tertiary/aromatic N) is 2. The Morgan fingerprint density at radius 1 is 1.23 bits per heavy atom. The molecule has 0 bridgehead atoms. The van der Waals surface area contributed by atoms with E-state index in [1.54, 1.807) is 0 Å². The zero-order chi connectivity index (χ0) is 22.3. The molecule has 0 saturated carbocycles. The third-order valence-electron chi connectivity index (χ3n) is 4.10. The third kappa shape index (κ3) is 6.29. The van der Waals surface area contributed by atoms with Gasteiger partial charge in [-0.25, -0.2) is 9.59 Å². The van der Waals surface area contributed by atoms with Crippen LogP contribution >= 0.6 is 0 Å². The summed E-state index contributed by atoms with van der Waals surface area (Å²) in [5, 5.41) is 11.3. The third-order valence-corrected chi connectivity index (χ3v) is 4.10. The number of alkyl halides is 3. The second-order valence-corrected chi connectivity index (χ2v) is 6.11. The SMILES string of the molecule is COc1cc(C(=O)OC(=O)C(F)(F)F)c([N+](=O)[O-])cc1OCCCN1CCOCC1. The Morgan fingerprint density at radius 2 is 1.90 bits per heavy atom. The Bertz CT molecular complexity index is 794. The number of nitro groups is 1. The van der Waals surface area contributed by atoms with Crippen molar-refractivity contribution in [1.82, 2.24) is 4.90 Å². The van der Waals surface area contributed by atoms with Crippen molar-refractivity contribution in [3.05, 3.63) is 27.8 Å². The maximum absolute atomic E-state index is 12.3. The fourth-order valence-electron chi connectivity index (χ4n) is 2.63. The second-order valence-electron chi connectivity index (χ2n) is 6.11. The predicted molar refractivity (Wildman–Crippen MR) is 93.5 cm³/mol. The van der Waals surface area contributed by atoms with Crippen LogP contribution in [0.4, 0.5) is 18.9 Å². The van der Waals surface area contributed by atoms with Gasteiger partial charge in [-0.1, -0.05) is 0 Å². The highest BCUT2D eigenvalue weighted by Crippen LogP contribution is 2.35. The lowest BCUT2D eigenvalue weighted by atomic mass is 10.1. The van der Waals surface area contributed by atoms with Crippen LogP contribution < -0.4 is 9.47 Å². The van der Waals surface area contributed by atoms with Gasteiger partial charge in [-0.2, -0.15) is 13.2 Å². The number of carbonyl (C=O) groups is 2. The summed E-state index contributed by atoms with van der Waals surface area (Å²) in [6, 6.07) is 1.63. The maximum Gasteiger partial charge on any atom is 0.491 e. The van der Waals surface area contributed by atoms with Gasteiger partial charge in [0, 0.05) is 25.7 Å². The molecule has 0 radical (unpaired) electrons. The van der Waals surface area contributed by atoms with E-state index in [1.807, 2.05) is 0 Å². The van der Waals surface area contributed by atoms with E-state index in [0.29, 0.717) is 26.2 Å². The van der Waals surface area contributed by atoms with Gasteiger partial charge in [0.15, 0.2) is 11.5 Å². The van der Waals surface area contributed by atoms with Crippen molar-refractivity contribution in [2.75, 3.05) is 46.6 Å². The summed E-state index contributed by atoms with van der Waals surface area (Å²) in [5.41, 5.74) is -1.77. The van der Waals surface area contributed by atoms with Crippen LogP contribution in [0.2, 0.25) is 0 Å². The van der Waals surface area contributed by atoms with Crippen LogP contribution in [0.1, 0.15) is 16.8 Å². The molecule has 10 nitrogen and oxygen atoms in total. The number of morpholine rings is 1. The first kappa shape index (κ1) is 23.3. The molecule has 1 aliphatic heterocycles. The number of ether oxygens (including phenoxy) is 4. The van der Waals surface area contributed by atoms with E-state index in [-0.39, 0.29) is 18.1 Å². The summed E-state index contributed by atoms with van der Waals surface area (Å²) in [7, 11) is 1.18. The molecule has 0 aromatic heterocycles. The molecular weight excluding hydrogens is 417 g/mol. The number of rotatable bonds is 8. The van der Waals surface area contributed by atoms with Crippen LogP contribution in [0.25, 0.3) is 0 Å². The highest BCUT2D eigenvalue weighted by molar-refractivity contribution is 6.01. The molecule has 1 aromatic rings. The van der Waals surface area contributed by atoms with Crippen molar-refractivity contribution in [2.24, 2.45) is 0 Å². The first-order chi connectivity index (χ1) is 14.1. The molecule has 13 heteroatoms. The maximum atomic E-state index is 12.3. The fraction of sp³-hybridized carbons (Fsp3) is 0.529. The average Bonchev–Trinajstić information content (AvgIpc) is 2.70. The molecule has 1 saturated heterocycles. The Morgan fingerprint density at radius 3 is 2.47 bits per heavy atom. The standard InChI is InChI=1S/C17H19F3N2O8/c1-27-13-9-11(15(23)30-16(24)17(18,19)20)12(22(25)26)10-14(13)29-6-2-3-21-4-7-28-8-5-21/h9-10H,2-8H2,1H3. The van der Waals surface area contributed by atoms with Crippen molar-refractivity contribution < 1.29 is 46.6 Å². The summed E-state index contributed by atoms with van der Waals surface area (Å²) >= 11 is 0. The second kappa shape index (κ2) is 10.2. The Balaban J connectivity index is 2.12. The molecule has 1 aliphatic rings. The van der Waals surface area contributed by atoms with Crippen LogP contribution in [0.15, 0.2) is 12.1 Å². The smallest absolute Gasteiger partial charge is 0.491 e. The highest BCUT2D eigenvalue weighted by atomic mass is 19.4. The van der Waals surface area contributed by atoms with E-state index < -0.39 is 34.3 Å². The van der Waals surface area contributed by atoms with Crippen molar-refractivity contribution in [2.45, 2.75) is 12.6 Å². The number of benzene rings is 1. The number of methoxy groups -OCH3 is 1. The minimum atomic E-state index is -5.43. The Hall–Kier alpha value is -2.93. The predicted octanol–water partition coefficient (Wildman–Crippen LogP) is 1.95. The van der Waals surface area contributed by atoms with E-state index >= 15 is 0 Å². The van der Waals surface area contributed by atoms with Crippen molar-refractivity contribution in [1.29, 1.82) is 0 Å². The van der Waals surface area contributed by atoms with Crippen LogP contribution in [0.3, 0.4) is 0 Å². The van der Waals surface area contributed by atoms with Gasteiger partial charge >= 0.3 is 18.1 Å². The molecule has 0 atom stereocenters. The van der Waals surface area contributed by atoms with E-state index in [0.717, 1.165) is 25.2 Å². The highest BCUT2D eigenvalue weighted by Gasteiger charge is 2.43. The van der Waals surface area contributed by atoms with Gasteiger partial charge in [0.2, 0.25) is 0 Å². The Kier molecular flexibility index (Phi) is 7.94. The van der Waals surface area contributed by atoms with Crippen LogP contribution in [0, 0.1) is 10.1 Å². The Labute approximate surface area is 168 Å². The quantitative estimate of drug-likeness (QED) is 0.198. The van der Waals surface area contributed by atoms with Gasteiger partial charge < -0.3 is 18.9 Å². The zero-order valence-electron chi connectivity index (χ0n) is 15.9. The number of carbonyl (C=O) groups excluding carboxylic acids is 2. The van der Waals surface area contributed by atoms with Crippen molar-refractivity contribution in [3.63, 3.8) is 0 Å². The summed E-state index contributed by atoms with van der Waals surface area (Å²) in [4.78, 5) is 35.2. The van der Waals surface area contributed by atoms with Crippen LogP contribution in [-0.2, 0) is 14.3 Å². The summed E-state index contributed by atoms with van der Waals surface area (Å²) < 4.78 is 56.3. The van der Waals surface area contributed by atoms with Crippen LogP contribution in [-0.4, -0.2) is 74.5 Å². The lowest BCUT2D eigenvalue weighted by Gasteiger charge is -2.26. The van der Waals surface area contributed by atoms with Gasteiger partial charge in [0.25, 0.3) is 5.69 Å². The lowest BCUT2D eigenvalue weighted by Crippen LogP contribution is -2.37. The molecule has 2 rings (SSSR count). The van der Waals surface area contributed by atoms with E-state index in [9.17, 15) is 32.9 Å². The molecule has 1 heterocycles. The molecule has 0 N–H and O–H groups in total. The number of esters is 2. The molecular formula is C17H19F3N2O8. The fourth-order valence-corrected chi connectivity index (χ4v) is 2.63. The molecule has 1 aromatic carbocycles. The molecule has 166 valence electrons. The monoisotopic (exact) mass is 436 g/mol. The number of hydrogen-bond donors (Lipinski definition) is 0. The summed E-state index contributed by atoms with van der Waals surface area (Å²) in [5.74, 6) is -4.84. The van der Waals surface area contributed by atoms with E-state index in [2.05, 4.69) is 9.64 Å². The topological polar surface area (TPSA) is 117 Å². The minimum absolute atomic E-state index is 0.0788. The summed E-state index contributed by atoms with van der Waals surface area (Å²) in [6.45, 7) is 3.70. The van der Waals surface area contributed by atoms with Gasteiger partial charge in [-0.3, -0.25) is 15.0 Å². The molecule has 0 amide bonds. The molecule has 0 spiro atoms. The number of halogens is 3.